The van der Waals surface area contributed by atoms with Crippen molar-refractivity contribution in [3.63, 3.8) is 0 Å². The van der Waals surface area contributed by atoms with Crippen LogP contribution in [0.5, 0.6) is 11.5 Å². The van der Waals surface area contributed by atoms with Crippen LogP contribution < -0.4 is 9.47 Å². The van der Waals surface area contributed by atoms with E-state index in [1.807, 2.05) is 25.1 Å². The first kappa shape index (κ1) is 16.6. The maximum absolute atomic E-state index is 12.9. The highest BCUT2D eigenvalue weighted by atomic mass is 16.5. The van der Waals surface area contributed by atoms with Crippen molar-refractivity contribution in [2.45, 2.75) is 32.2 Å². The van der Waals surface area contributed by atoms with E-state index in [1.54, 1.807) is 7.11 Å². The summed E-state index contributed by atoms with van der Waals surface area (Å²) in [5.74, 6) is 0.418. The Hall–Kier alpha value is -2.24. The maximum Gasteiger partial charge on any atom is 0.326 e. The van der Waals surface area contributed by atoms with Gasteiger partial charge in [-0.05, 0) is 48.9 Å². The van der Waals surface area contributed by atoms with Crippen LogP contribution in [-0.4, -0.2) is 48.2 Å². The second kappa shape index (κ2) is 6.71. The SMILES string of the molecule is COc1ccc2c(c1)CC(C(=O)N1CCC(C)CC1C(=O)O)CO2. The van der Waals surface area contributed by atoms with Gasteiger partial charge < -0.3 is 19.5 Å². The molecule has 2 heterocycles. The molecule has 0 aromatic heterocycles. The molecular weight excluding hydrogens is 310 g/mol. The molecule has 6 heteroatoms. The Balaban J connectivity index is 1.76. The van der Waals surface area contributed by atoms with Crippen molar-refractivity contribution in [3.8, 4) is 11.5 Å². The molecule has 1 fully saturated rings. The lowest BCUT2D eigenvalue weighted by molar-refractivity contribution is -0.155. The molecule has 1 aromatic rings. The van der Waals surface area contributed by atoms with Crippen molar-refractivity contribution in [2.24, 2.45) is 11.8 Å². The number of likely N-dealkylation sites (tertiary alicyclic amines) is 1. The number of carbonyl (C=O) groups excluding carboxylic acids is 1. The van der Waals surface area contributed by atoms with Crippen LogP contribution in [0.4, 0.5) is 0 Å². The second-order valence-corrected chi connectivity index (χ2v) is 6.70. The molecule has 0 aliphatic carbocycles. The third kappa shape index (κ3) is 3.18. The number of aliphatic carboxylic acids is 1. The summed E-state index contributed by atoms with van der Waals surface area (Å²) in [5, 5.41) is 9.46. The smallest absolute Gasteiger partial charge is 0.326 e. The molecule has 1 aromatic carbocycles. The van der Waals surface area contributed by atoms with E-state index in [1.165, 1.54) is 4.90 Å². The number of hydrogen-bond donors (Lipinski definition) is 1. The van der Waals surface area contributed by atoms with Crippen molar-refractivity contribution in [3.05, 3.63) is 23.8 Å². The molecule has 3 unspecified atom stereocenters. The topological polar surface area (TPSA) is 76.1 Å². The molecule has 2 aliphatic rings. The number of carboxylic acid groups (broad SMARTS) is 1. The number of carboxylic acids is 1. The minimum atomic E-state index is -0.923. The number of fused-ring (bicyclic) bond motifs is 1. The monoisotopic (exact) mass is 333 g/mol. The highest BCUT2D eigenvalue weighted by Crippen LogP contribution is 2.32. The lowest BCUT2D eigenvalue weighted by atomic mass is 9.89. The second-order valence-electron chi connectivity index (χ2n) is 6.70. The molecular formula is C18H23NO5. The average Bonchev–Trinajstić information content (AvgIpc) is 2.60. The number of ether oxygens (including phenoxy) is 2. The van der Waals surface area contributed by atoms with Crippen LogP contribution in [0.25, 0.3) is 0 Å². The van der Waals surface area contributed by atoms with Gasteiger partial charge in [-0.15, -0.1) is 0 Å². The van der Waals surface area contributed by atoms with E-state index >= 15 is 0 Å². The van der Waals surface area contributed by atoms with Crippen LogP contribution >= 0.6 is 0 Å². The average molecular weight is 333 g/mol. The molecule has 0 bridgehead atoms. The molecule has 0 radical (unpaired) electrons. The largest absolute Gasteiger partial charge is 0.497 e. The first-order valence-electron chi connectivity index (χ1n) is 8.32. The maximum atomic E-state index is 12.9. The lowest BCUT2D eigenvalue weighted by Gasteiger charge is -2.38. The highest BCUT2D eigenvalue weighted by molar-refractivity contribution is 5.86. The van der Waals surface area contributed by atoms with Gasteiger partial charge in [0.25, 0.3) is 0 Å². The van der Waals surface area contributed by atoms with Crippen molar-refractivity contribution in [1.82, 2.24) is 4.90 Å². The number of rotatable bonds is 3. The van der Waals surface area contributed by atoms with E-state index in [2.05, 4.69) is 0 Å². The molecule has 1 amide bonds. The zero-order chi connectivity index (χ0) is 17.3. The van der Waals surface area contributed by atoms with Crippen LogP contribution in [0.15, 0.2) is 18.2 Å². The molecule has 1 N–H and O–H groups in total. The number of carbonyl (C=O) groups is 2. The molecule has 24 heavy (non-hydrogen) atoms. The zero-order valence-corrected chi connectivity index (χ0v) is 14.0. The zero-order valence-electron chi connectivity index (χ0n) is 14.0. The predicted molar refractivity (Wildman–Crippen MR) is 87.2 cm³/mol. The van der Waals surface area contributed by atoms with E-state index in [4.69, 9.17) is 9.47 Å². The van der Waals surface area contributed by atoms with E-state index in [-0.39, 0.29) is 18.4 Å². The Labute approximate surface area is 141 Å². The fraction of sp³-hybridized carbons (Fsp3) is 0.556. The molecule has 3 rings (SSSR count). The van der Waals surface area contributed by atoms with Gasteiger partial charge in [0, 0.05) is 6.54 Å². The van der Waals surface area contributed by atoms with Crippen molar-refractivity contribution < 1.29 is 24.2 Å². The summed E-state index contributed by atoms with van der Waals surface area (Å²) in [4.78, 5) is 26.0. The predicted octanol–water partition coefficient (Wildman–Crippen LogP) is 1.96. The molecule has 6 nitrogen and oxygen atoms in total. The Morgan fingerprint density at radius 2 is 2.17 bits per heavy atom. The molecule has 0 spiro atoms. The summed E-state index contributed by atoms with van der Waals surface area (Å²) in [6.07, 6.45) is 1.90. The normalized spacial score (nSPS) is 26.2. The summed E-state index contributed by atoms with van der Waals surface area (Å²) in [6.45, 7) is 2.82. The number of amides is 1. The summed E-state index contributed by atoms with van der Waals surface area (Å²) < 4.78 is 10.9. The third-order valence-electron chi connectivity index (χ3n) is 4.96. The first-order valence-corrected chi connectivity index (χ1v) is 8.32. The van der Waals surface area contributed by atoms with Gasteiger partial charge in [-0.25, -0.2) is 4.79 Å². The number of piperidine rings is 1. The van der Waals surface area contributed by atoms with Gasteiger partial charge in [-0.1, -0.05) is 6.92 Å². The number of nitrogens with zero attached hydrogens (tertiary/aromatic N) is 1. The van der Waals surface area contributed by atoms with Gasteiger partial charge in [0.1, 0.15) is 24.1 Å². The van der Waals surface area contributed by atoms with Crippen molar-refractivity contribution >= 4 is 11.9 Å². The molecule has 3 atom stereocenters. The van der Waals surface area contributed by atoms with Gasteiger partial charge in [0.05, 0.1) is 13.0 Å². The summed E-state index contributed by atoms with van der Waals surface area (Å²) in [5.41, 5.74) is 0.927. The number of hydrogen-bond acceptors (Lipinski definition) is 4. The third-order valence-corrected chi connectivity index (χ3v) is 4.96. The van der Waals surface area contributed by atoms with Crippen LogP contribution in [0.2, 0.25) is 0 Å². The number of methoxy groups -OCH3 is 1. The first-order chi connectivity index (χ1) is 11.5. The molecule has 1 saturated heterocycles. The highest BCUT2D eigenvalue weighted by Gasteiger charge is 2.38. The van der Waals surface area contributed by atoms with Gasteiger partial charge in [0.2, 0.25) is 5.91 Å². The summed E-state index contributed by atoms with van der Waals surface area (Å²) in [6, 6.07) is 4.82. The van der Waals surface area contributed by atoms with E-state index in [0.717, 1.165) is 23.5 Å². The molecule has 0 saturated carbocycles. The van der Waals surface area contributed by atoms with Gasteiger partial charge in [-0.3, -0.25) is 4.79 Å². The van der Waals surface area contributed by atoms with Crippen molar-refractivity contribution in [2.75, 3.05) is 20.3 Å². The van der Waals surface area contributed by atoms with Crippen LogP contribution in [0, 0.1) is 11.8 Å². The standard InChI is InChI=1S/C18H23NO5/c1-11-5-6-19(15(7-11)18(21)22)17(20)13-8-12-9-14(23-2)3-4-16(12)24-10-13/h3-4,9,11,13,15H,5-8,10H2,1-2H3,(H,21,22). The fourth-order valence-corrected chi connectivity index (χ4v) is 3.53. The minimum Gasteiger partial charge on any atom is -0.497 e. The number of benzene rings is 1. The summed E-state index contributed by atoms with van der Waals surface area (Å²) >= 11 is 0. The van der Waals surface area contributed by atoms with Gasteiger partial charge >= 0.3 is 5.97 Å². The van der Waals surface area contributed by atoms with Gasteiger partial charge in [0.15, 0.2) is 0 Å². The molecule has 2 aliphatic heterocycles. The van der Waals surface area contributed by atoms with Gasteiger partial charge in [-0.2, -0.15) is 0 Å². The van der Waals surface area contributed by atoms with E-state index in [0.29, 0.717) is 25.3 Å². The minimum absolute atomic E-state index is 0.122. The fourth-order valence-electron chi connectivity index (χ4n) is 3.53. The van der Waals surface area contributed by atoms with Crippen LogP contribution in [0.3, 0.4) is 0 Å². The lowest BCUT2D eigenvalue weighted by Crippen LogP contribution is -2.53. The van der Waals surface area contributed by atoms with Crippen molar-refractivity contribution in [1.29, 1.82) is 0 Å². The van der Waals surface area contributed by atoms with E-state index < -0.39 is 12.0 Å². The Bertz CT molecular complexity index is 644. The Morgan fingerprint density at radius 3 is 2.88 bits per heavy atom. The van der Waals surface area contributed by atoms with Crippen LogP contribution in [-0.2, 0) is 16.0 Å². The summed E-state index contributed by atoms with van der Waals surface area (Å²) in [7, 11) is 1.60. The Morgan fingerprint density at radius 1 is 1.38 bits per heavy atom. The Kier molecular flexibility index (Phi) is 4.64. The molecule has 130 valence electrons. The quantitative estimate of drug-likeness (QED) is 0.915. The van der Waals surface area contributed by atoms with Crippen LogP contribution in [0.1, 0.15) is 25.3 Å². The van der Waals surface area contributed by atoms with E-state index in [9.17, 15) is 14.7 Å².